The summed E-state index contributed by atoms with van der Waals surface area (Å²) in [7, 11) is 0. The fraction of sp³-hybridized carbons (Fsp3) is 0.917. The molecular formula is C12H23NO2S. The van der Waals surface area contributed by atoms with E-state index in [2.05, 4.69) is 12.2 Å². The number of hydrogen-bond donors (Lipinski definition) is 2. The quantitative estimate of drug-likeness (QED) is 0.752. The molecule has 1 saturated carbocycles. The molecule has 0 radical (unpaired) electrons. The van der Waals surface area contributed by atoms with E-state index in [-0.39, 0.29) is 18.4 Å². The number of nitrogens with one attached hydrogen (secondary N) is 1. The monoisotopic (exact) mass is 245 g/mol. The highest BCUT2D eigenvalue weighted by Crippen LogP contribution is 2.32. The number of aliphatic hydroxyl groups is 1. The molecule has 0 aromatic rings. The molecule has 1 aliphatic rings. The van der Waals surface area contributed by atoms with Crippen molar-refractivity contribution >= 4 is 17.7 Å². The Morgan fingerprint density at radius 3 is 2.62 bits per heavy atom. The Morgan fingerprint density at radius 1 is 1.50 bits per heavy atom. The van der Waals surface area contributed by atoms with E-state index in [0.29, 0.717) is 0 Å². The molecule has 0 aromatic heterocycles. The lowest BCUT2D eigenvalue weighted by molar-refractivity contribution is -0.126. The Hall–Kier alpha value is -0.220. The van der Waals surface area contributed by atoms with E-state index in [1.807, 2.05) is 6.26 Å². The fourth-order valence-corrected chi connectivity index (χ4v) is 2.97. The molecule has 1 aliphatic carbocycles. The molecule has 0 bridgehead atoms. The lowest BCUT2D eigenvalue weighted by Crippen LogP contribution is -2.40. The third-order valence-electron chi connectivity index (χ3n) is 3.25. The Labute approximate surface area is 102 Å². The summed E-state index contributed by atoms with van der Waals surface area (Å²) in [6.07, 6.45) is 6.92. The van der Waals surface area contributed by atoms with Crippen LogP contribution in [0.15, 0.2) is 0 Å². The first-order valence-electron chi connectivity index (χ1n) is 6.10. The van der Waals surface area contributed by atoms with Crippen LogP contribution in [0.2, 0.25) is 0 Å². The first kappa shape index (κ1) is 13.8. The van der Waals surface area contributed by atoms with Crippen LogP contribution in [0.3, 0.4) is 0 Å². The molecule has 4 heteroatoms. The van der Waals surface area contributed by atoms with E-state index in [0.717, 1.165) is 37.9 Å². The van der Waals surface area contributed by atoms with Crippen LogP contribution in [0.25, 0.3) is 0 Å². The van der Waals surface area contributed by atoms with Crippen molar-refractivity contribution in [2.24, 2.45) is 0 Å². The van der Waals surface area contributed by atoms with Gasteiger partial charge in [0.2, 0.25) is 5.91 Å². The SMILES string of the molecule is CCC(CSC)NC(=O)CC1(O)CCCC1. The third kappa shape index (κ3) is 4.34. The Kier molecular flexibility index (Phi) is 5.62. The van der Waals surface area contributed by atoms with Gasteiger partial charge in [-0.05, 0) is 25.5 Å². The number of amides is 1. The number of carbonyl (C=O) groups is 1. The van der Waals surface area contributed by atoms with Crippen LogP contribution in [0.4, 0.5) is 0 Å². The summed E-state index contributed by atoms with van der Waals surface area (Å²) in [5, 5.41) is 13.1. The van der Waals surface area contributed by atoms with Gasteiger partial charge in [-0.15, -0.1) is 0 Å². The van der Waals surface area contributed by atoms with Gasteiger partial charge in [0.25, 0.3) is 0 Å². The number of rotatable bonds is 6. The Bertz CT molecular complexity index is 227. The van der Waals surface area contributed by atoms with Crippen molar-refractivity contribution in [3.8, 4) is 0 Å². The molecule has 0 aromatic carbocycles. The van der Waals surface area contributed by atoms with E-state index < -0.39 is 5.60 Å². The largest absolute Gasteiger partial charge is 0.389 e. The summed E-state index contributed by atoms with van der Waals surface area (Å²) in [6.45, 7) is 2.07. The molecule has 1 atom stereocenters. The Balaban J connectivity index is 2.34. The van der Waals surface area contributed by atoms with Gasteiger partial charge < -0.3 is 10.4 Å². The first-order valence-corrected chi connectivity index (χ1v) is 7.49. The zero-order valence-corrected chi connectivity index (χ0v) is 11.1. The van der Waals surface area contributed by atoms with Crippen molar-refractivity contribution in [3.05, 3.63) is 0 Å². The van der Waals surface area contributed by atoms with Crippen molar-refractivity contribution in [1.82, 2.24) is 5.32 Å². The molecule has 1 amide bonds. The van der Waals surface area contributed by atoms with Crippen molar-refractivity contribution in [2.75, 3.05) is 12.0 Å². The number of thioether (sulfide) groups is 1. The van der Waals surface area contributed by atoms with Gasteiger partial charge in [-0.3, -0.25) is 4.79 Å². The van der Waals surface area contributed by atoms with Crippen LogP contribution in [0.1, 0.15) is 45.4 Å². The van der Waals surface area contributed by atoms with E-state index in [4.69, 9.17) is 0 Å². The van der Waals surface area contributed by atoms with Crippen molar-refractivity contribution in [3.63, 3.8) is 0 Å². The second-order valence-electron chi connectivity index (χ2n) is 4.74. The molecule has 3 nitrogen and oxygen atoms in total. The van der Waals surface area contributed by atoms with E-state index in [9.17, 15) is 9.90 Å². The predicted molar refractivity (Wildman–Crippen MR) is 68.6 cm³/mol. The average Bonchev–Trinajstić information content (AvgIpc) is 2.63. The third-order valence-corrected chi connectivity index (χ3v) is 3.99. The summed E-state index contributed by atoms with van der Waals surface area (Å²) in [5.74, 6) is 0.950. The molecule has 94 valence electrons. The second-order valence-corrected chi connectivity index (χ2v) is 5.65. The maximum Gasteiger partial charge on any atom is 0.223 e. The van der Waals surface area contributed by atoms with Crippen LogP contribution in [-0.2, 0) is 4.79 Å². The average molecular weight is 245 g/mol. The van der Waals surface area contributed by atoms with Crippen LogP contribution < -0.4 is 5.32 Å². The lowest BCUT2D eigenvalue weighted by atomic mass is 9.97. The highest BCUT2D eigenvalue weighted by molar-refractivity contribution is 7.98. The minimum absolute atomic E-state index is 0.00491. The van der Waals surface area contributed by atoms with Gasteiger partial charge >= 0.3 is 0 Å². The molecule has 0 aliphatic heterocycles. The van der Waals surface area contributed by atoms with Gasteiger partial charge in [-0.1, -0.05) is 19.8 Å². The van der Waals surface area contributed by atoms with Gasteiger partial charge in [0, 0.05) is 11.8 Å². The topological polar surface area (TPSA) is 49.3 Å². The highest BCUT2D eigenvalue weighted by Gasteiger charge is 2.33. The van der Waals surface area contributed by atoms with E-state index in [1.54, 1.807) is 11.8 Å². The summed E-state index contributed by atoms with van der Waals surface area (Å²) in [5.41, 5.74) is -0.721. The van der Waals surface area contributed by atoms with Gasteiger partial charge in [-0.2, -0.15) is 11.8 Å². The fourth-order valence-electron chi connectivity index (χ4n) is 2.25. The normalized spacial score (nSPS) is 20.7. The Morgan fingerprint density at radius 2 is 2.12 bits per heavy atom. The van der Waals surface area contributed by atoms with E-state index >= 15 is 0 Å². The number of carbonyl (C=O) groups excluding carboxylic acids is 1. The molecule has 0 heterocycles. The van der Waals surface area contributed by atoms with Crippen LogP contribution in [0.5, 0.6) is 0 Å². The minimum atomic E-state index is -0.721. The zero-order chi connectivity index (χ0) is 12.0. The summed E-state index contributed by atoms with van der Waals surface area (Å²) in [4.78, 5) is 11.8. The predicted octanol–water partition coefficient (Wildman–Crippen LogP) is 1.94. The van der Waals surface area contributed by atoms with Gasteiger partial charge in [0.15, 0.2) is 0 Å². The molecule has 2 N–H and O–H groups in total. The maximum absolute atomic E-state index is 11.8. The molecule has 1 rings (SSSR count). The van der Waals surface area contributed by atoms with Gasteiger partial charge in [0.05, 0.1) is 12.0 Å². The van der Waals surface area contributed by atoms with E-state index in [1.165, 1.54) is 0 Å². The van der Waals surface area contributed by atoms with Crippen LogP contribution in [-0.4, -0.2) is 34.7 Å². The van der Waals surface area contributed by atoms with Gasteiger partial charge in [0.1, 0.15) is 0 Å². The summed E-state index contributed by atoms with van der Waals surface area (Å²) in [6, 6.07) is 0.243. The molecule has 1 fully saturated rings. The summed E-state index contributed by atoms with van der Waals surface area (Å²) >= 11 is 1.74. The van der Waals surface area contributed by atoms with Crippen molar-refractivity contribution < 1.29 is 9.90 Å². The maximum atomic E-state index is 11.8. The smallest absolute Gasteiger partial charge is 0.223 e. The first-order chi connectivity index (χ1) is 7.59. The molecule has 0 saturated heterocycles. The van der Waals surface area contributed by atoms with Crippen molar-refractivity contribution in [1.29, 1.82) is 0 Å². The second kappa shape index (κ2) is 6.50. The molecule has 0 spiro atoms. The highest BCUT2D eigenvalue weighted by atomic mass is 32.2. The lowest BCUT2D eigenvalue weighted by Gasteiger charge is -2.23. The zero-order valence-electron chi connectivity index (χ0n) is 10.3. The minimum Gasteiger partial charge on any atom is -0.389 e. The number of hydrogen-bond acceptors (Lipinski definition) is 3. The van der Waals surface area contributed by atoms with Crippen molar-refractivity contribution in [2.45, 2.75) is 57.1 Å². The molecule has 1 unspecified atom stereocenters. The van der Waals surface area contributed by atoms with Gasteiger partial charge in [-0.25, -0.2) is 0 Å². The van der Waals surface area contributed by atoms with Crippen LogP contribution >= 0.6 is 11.8 Å². The standard InChI is InChI=1S/C12H23NO2S/c1-3-10(9-16-2)13-11(14)8-12(15)6-4-5-7-12/h10,15H,3-9H2,1-2H3,(H,13,14). The molecule has 16 heavy (non-hydrogen) atoms. The molecular weight excluding hydrogens is 222 g/mol. The summed E-state index contributed by atoms with van der Waals surface area (Å²) < 4.78 is 0. The van der Waals surface area contributed by atoms with Crippen LogP contribution in [0, 0.1) is 0 Å².